The SMILES string of the molecule is CC(=O)N[C@@H](Cc1ccccc1)C(=O)N[C@@H](Cc1ccccc1)C(=O)NCC(=O)O. The molecule has 2 aromatic rings. The van der Waals surface area contributed by atoms with E-state index in [2.05, 4.69) is 16.0 Å². The van der Waals surface area contributed by atoms with E-state index in [9.17, 15) is 19.2 Å². The van der Waals surface area contributed by atoms with Crippen molar-refractivity contribution in [3.63, 3.8) is 0 Å². The molecule has 0 spiro atoms. The van der Waals surface area contributed by atoms with E-state index in [1.54, 1.807) is 24.3 Å². The number of benzene rings is 2. The maximum Gasteiger partial charge on any atom is 0.322 e. The molecule has 0 unspecified atom stereocenters. The molecule has 0 saturated carbocycles. The predicted molar refractivity (Wildman–Crippen MR) is 110 cm³/mol. The molecule has 30 heavy (non-hydrogen) atoms. The van der Waals surface area contributed by atoms with Gasteiger partial charge in [0.1, 0.15) is 18.6 Å². The number of aliphatic carboxylic acids is 1. The van der Waals surface area contributed by atoms with Crippen molar-refractivity contribution in [1.82, 2.24) is 16.0 Å². The molecule has 0 aliphatic carbocycles. The molecule has 0 aromatic heterocycles. The van der Waals surface area contributed by atoms with E-state index >= 15 is 0 Å². The van der Waals surface area contributed by atoms with Crippen LogP contribution < -0.4 is 16.0 Å². The van der Waals surface area contributed by atoms with E-state index in [1.165, 1.54) is 6.92 Å². The molecular formula is C22H25N3O5. The maximum atomic E-state index is 12.9. The molecule has 2 aromatic carbocycles. The van der Waals surface area contributed by atoms with Gasteiger partial charge in [0.25, 0.3) is 0 Å². The Balaban J connectivity index is 2.16. The zero-order valence-electron chi connectivity index (χ0n) is 16.6. The van der Waals surface area contributed by atoms with Gasteiger partial charge in [0, 0.05) is 19.8 Å². The van der Waals surface area contributed by atoms with Crippen LogP contribution in [0.2, 0.25) is 0 Å². The minimum Gasteiger partial charge on any atom is -0.480 e. The van der Waals surface area contributed by atoms with Crippen LogP contribution in [0.25, 0.3) is 0 Å². The molecule has 0 aliphatic heterocycles. The van der Waals surface area contributed by atoms with Gasteiger partial charge in [-0.1, -0.05) is 60.7 Å². The van der Waals surface area contributed by atoms with Crippen molar-refractivity contribution < 1.29 is 24.3 Å². The third-order valence-electron chi connectivity index (χ3n) is 4.31. The van der Waals surface area contributed by atoms with Gasteiger partial charge >= 0.3 is 5.97 Å². The van der Waals surface area contributed by atoms with E-state index in [0.717, 1.165) is 11.1 Å². The normalized spacial score (nSPS) is 12.3. The van der Waals surface area contributed by atoms with E-state index in [1.807, 2.05) is 36.4 Å². The number of carboxylic acids is 1. The van der Waals surface area contributed by atoms with Gasteiger partial charge in [-0.25, -0.2) is 0 Å². The van der Waals surface area contributed by atoms with Gasteiger partial charge in [-0.15, -0.1) is 0 Å². The molecule has 8 heteroatoms. The highest BCUT2D eigenvalue weighted by Gasteiger charge is 2.27. The molecule has 2 atom stereocenters. The Morgan fingerprint density at radius 1 is 0.767 bits per heavy atom. The first-order valence-corrected chi connectivity index (χ1v) is 9.50. The lowest BCUT2D eigenvalue weighted by molar-refractivity contribution is -0.138. The summed E-state index contributed by atoms with van der Waals surface area (Å²) in [4.78, 5) is 47.8. The summed E-state index contributed by atoms with van der Waals surface area (Å²) in [5, 5.41) is 16.4. The van der Waals surface area contributed by atoms with E-state index in [4.69, 9.17) is 5.11 Å². The van der Waals surface area contributed by atoms with Crippen LogP contribution in [-0.4, -0.2) is 47.4 Å². The van der Waals surface area contributed by atoms with Crippen LogP contribution in [0, 0.1) is 0 Å². The van der Waals surface area contributed by atoms with E-state index < -0.39 is 36.4 Å². The van der Waals surface area contributed by atoms with Crippen molar-refractivity contribution in [3.8, 4) is 0 Å². The highest BCUT2D eigenvalue weighted by molar-refractivity contribution is 5.93. The Morgan fingerprint density at radius 2 is 1.23 bits per heavy atom. The molecule has 0 saturated heterocycles. The second-order valence-corrected chi connectivity index (χ2v) is 6.81. The predicted octanol–water partition coefficient (Wildman–Crippen LogP) is 0.662. The van der Waals surface area contributed by atoms with Gasteiger partial charge < -0.3 is 21.1 Å². The standard InChI is InChI=1S/C22H25N3O5/c1-15(26)24-19(13-17-10-6-3-7-11-17)22(30)25-18(21(29)23-14-20(27)28)12-16-8-4-2-5-9-16/h2-11,18-19H,12-14H2,1H3,(H,23,29)(H,24,26)(H,25,30)(H,27,28)/t18-,19-/m0/s1. The zero-order chi connectivity index (χ0) is 21.9. The van der Waals surface area contributed by atoms with Crippen LogP contribution in [-0.2, 0) is 32.0 Å². The molecule has 158 valence electrons. The third-order valence-corrected chi connectivity index (χ3v) is 4.31. The summed E-state index contributed by atoms with van der Waals surface area (Å²) < 4.78 is 0. The Hall–Kier alpha value is -3.68. The summed E-state index contributed by atoms with van der Waals surface area (Å²) in [6.07, 6.45) is 0.428. The van der Waals surface area contributed by atoms with Gasteiger partial charge in [0.05, 0.1) is 0 Å². The molecule has 8 nitrogen and oxygen atoms in total. The van der Waals surface area contributed by atoms with Crippen LogP contribution in [0.4, 0.5) is 0 Å². The molecular weight excluding hydrogens is 386 g/mol. The lowest BCUT2D eigenvalue weighted by Gasteiger charge is -2.23. The summed E-state index contributed by atoms with van der Waals surface area (Å²) in [7, 11) is 0. The van der Waals surface area contributed by atoms with Crippen molar-refractivity contribution in [2.45, 2.75) is 31.8 Å². The quantitative estimate of drug-likeness (QED) is 0.457. The van der Waals surface area contributed by atoms with Gasteiger partial charge in [-0.3, -0.25) is 19.2 Å². The molecule has 0 radical (unpaired) electrons. The Labute approximate surface area is 174 Å². The lowest BCUT2D eigenvalue weighted by Crippen LogP contribution is -2.55. The topological polar surface area (TPSA) is 125 Å². The first kappa shape index (κ1) is 22.6. The zero-order valence-corrected chi connectivity index (χ0v) is 16.6. The fourth-order valence-electron chi connectivity index (χ4n) is 2.92. The lowest BCUT2D eigenvalue weighted by atomic mass is 10.0. The van der Waals surface area contributed by atoms with Crippen molar-refractivity contribution >= 4 is 23.7 Å². The van der Waals surface area contributed by atoms with Crippen LogP contribution in [0.1, 0.15) is 18.1 Å². The molecule has 0 aliphatic rings. The first-order chi connectivity index (χ1) is 14.3. The van der Waals surface area contributed by atoms with Crippen molar-refractivity contribution in [1.29, 1.82) is 0 Å². The maximum absolute atomic E-state index is 12.9. The Morgan fingerprint density at radius 3 is 1.67 bits per heavy atom. The number of hydrogen-bond donors (Lipinski definition) is 4. The largest absolute Gasteiger partial charge is 0.480 e. The smallest absolute Gasteiger partial charge is 0.322 e. The van der Waals surface area contributed by atoms with Crippen LogP contribution >= 0.6 is 0 Å². The summed E-state index contributed by atoms with van der Waals surface area (Å²) in [5.74, 6) is -2.70. The van der Waals surface area contributed by atoms with Crippen molar-refractivity contribution in [2.24, 2.45) is 0 Å². The number of carbonyl (C=O) groups excluding carboxylic acids is 3. The summed E-state index contributed by atoms with van der Waals surface area (Å²) in [6.45, 7) is 0.755. The molecule has 3 amide bonds. The fraction of sp³-hybridized carbons (Fsp3) is 0.273. The minimum atomic E-state index is -1.19. The average molecular weight is 411 g/mol. The van der Waals surface area contributed by atoms with Gasteiger partial charge in [0.15, 0.2) is 0 Å². The molecule has 4 N–H and O–H groups in total. The third kappa shape index (κ3) is 7.75. The molecule has 0 bridgehead atoms. The first-order valence-electron chi connectivity index (χ1n) is 9.50. The van der Waals surface area contributed by atoms with Crippen molar-refractivity contribution in [3.05, 3.63) is 71.8 Å². The highest BCUT2D eigenvalue weighted by Crippen LogP contribution is 2.07. The second kappa shape index (κ2) is 11.4. The van der Waals surface area contributed by atoms with Crippen LogP contribution in [0.3, 0.4) is 0 Å². The second-order valence-electron chi connectivity index (χ2n) is 6.81. The minimum absolute atomic E-state index is 0.177. The number of nitrogens with one attached hydrogen (secondary N) is 3. The van der Waals surface area contributed by atoms with Crippen molar-refractivity contribution in [2.75, 3.05) is 6.54 Å². The Kier molecular flexibility index (Phi) is 8.56. The van der Waals surface area contributed by atoms with E-state index in [0.29, 0.717) is 0 Å². The van der Waals surface area contributed by atoms with Crippen LogP contribution in [0.15, 0.2) is 60.7 Å². The van der Waals surface area contributed by atoms with Gasteiger partial charge in [-0.2, -0.15) is 0 Å². The van der Waals surface area contributed by atoms with Crippen LogP contribution in [0.5, 0.6) is 0 Å². The van der Waals surface area contributed by atoms with E-state index in [-0.39, 0.29) is 18.7 Å². The number of carbonyl (C=O) groups is 4. The number of amides is 3. The highest BCUT2D eigenvalue weighted by atomic mass is 16.4. The molecule has 0 heterocycles. The monoisotopic (exact) mass is 411 g/mol. The summed E-state index contributed by atoms with van der Waals surface area (Å²) in [6, 6.07) is 16.3. The fourth-order valence-corrected chi connectivity index (χ4v) is 2.92. The Bertz CT molecular complexity index is 871. The number of hydrogen-bond acceptors (Lipinski definition) is 4. The summed E-state index contributed by atoms with van der Waals surface area (Å²) in [5.41, 5.74) is 1.65. The molecule has 0 fully saturated rings. The summed E-state index contributed by atoms with van der Waals surface area (Å²) >= 11 is 0. The number of rotatable bonds is 10. The van der Waals surface area contributed by atoms with Gasteiger partial charge in [0.2, 0.25) is 17.7 Å². The number of carboxylic acid groups (broad SMARTS) is 1. The molecule has 2 rings (SSSR count). The van der Waals surface area contributed by atoms with Gasteiger partial charge in [-0.05, 0) is 11.1 Å². The average Bonchev–Trinajstić information content (AvgIpc) is 2.72.